The van der Waals surface area contributed by atoms with Gasteiger partial charge in [0.1, 0.15) is 0 Å². The van der Waals surface area contributed by atoms with Gasteiger partial charge in [-0.1, -0.05) is 19.1 Å². The van der Waals surface area contributed by atoms with Crippen LogP contribution >= 0.6 is 0 Å². The first-order valence-corrected chi connectivity index (χ1v) is 5.48. The number of hydrogen-bond acceptors (Lipinski definition) is 2. The molecule has 16 heavy (non-hydrogen) atoms. The third kappa shape index (κ3) is 3.25. The van der Waals surface area contributed by atoms with E-state index in [2.05, 4.69) is 5.32 Å². The zero-order chi connectivity index (χ0) is 12.0. The minimum Gasteiger partial charge on any atom is -0.396 e. The van der Waals surface area contributed by atoms with E-state index in [4.69, 9.17) is 5.11 Å². The van der Waals surface area contributed by atoms with Crippen LogP contribution < -0.4 is 5.32 Å². The number of rotatable bonds is 6. The van der Waals surface area contributed by atoms with Gasteiger partial charge in [0, 0.05) is 18.2 Å². The first-order valence-electron chi connectivity index (χ1n) is 5.48. The molecule has 90 valence electrons. The average molecular weight is 229 g/mol. The number of hydrogen-bond donors (Lipinski definition) is 2. The molecule has 0 bridgehead atoms. The SMILES string of the molecule is CCCNC(CCO)c1cccc(F)c1F. The van der Waals surface area contributed by atoms with Gasteiger partial charge in [-0.05, 0) is 25.5 Å². The molecule has 2 nitrogen and oxygen atoms in total. The topological polar surface area (TPSA) is 32.3 Å². The van der Waals surface area contributed by atoms with Crippen molar-refractivity contribution in [1.29, 1.82) is 0 Å². The van der Waals surface area contributed by atoms with Gasteiger partial charge in [0.15, 0.2) is 11.6 Å². The summed E-state index contributed by atoms with van der Waals surface area (Å²) in [4.78, 5) is 0. The Balaban J connectivity index is 2.86. The maximum Gasteiger partial charge on any atom is 0.163 e. The Morgan fingerprint density at radius 2 is 2.12 bits per heavy atom. The van der Waals surface area contributed by atoms with Crippen molar-refractivity contribution in [1.82, 2.24) is 5.32 Å². The van der Waals surface area contributed by atoms with Crippen molar-refractivity contribution in [3.8, 4) is 0 Å². The smallest absolute Gasteiger partial charge is 0.163 e. The molecular weight excluding hydrogens is 212 g/mol. The molecule has 1 atom stereocenters. The summed E-state index contributed by atoms with van der Waals surface area (Å²) in [5, 5.41) is 12.0. The summed E-state index contributed by atoms with van der Waals surface area (Å²) in [7, 11) is 0. The van der Waals surface area contributed by atoms with Gasteiger partial charge in [-0.3, -0.25) is 0 Å². The lowest BCUT2D eigenvalue weighted by Gasteiger charge is -2.18. The molecular formula is C12H17F2NO. The predicted molar refractivity (Wildman–Crippen MR) is 59.1 cm³/mol. The molecule has 0 aliphatic heterocycles. The quantitative estimate of drug-likeness (QED) is 0.785. The van der Waals surface area contributed by atoms with Crippen LogP contribution in [0.1, 0.15) is 31.4 Å². The second-order valence-electron chi connectivity index (χ2n) is 3.66. The molecule has 0 radical (unpaired) electrons. The molecule has 1 aromatic rings. The van der Waals surface area contributed by atoms with E-state index in [1.807, 2.05) is 6.92 Å². The Hall–Kier alpha value is -1.00. The summed E-state index contributed by atoms with van der Waals surface area (Å²) in [5.74, 6) is -1.68. The van der Waals surface area contributed by atoms with Gasteiger partial charge in [-0.25, -0.2) is 8.78 Å². The second kappa shape index (κ2) is 6.55. The van der Waals surface area contributed by atoms with Gasteiger partial charge >= 0.3 is 0 Å². The van der Waals surface area contributed by atoms with Gasteiger partial charge in [-0.2, -0.15) is 0 Å². The van der Waals surface area contributed by atoms with E-state index in [0.29, 0.717) is 13.0 Å². The van der Waals surface area contributed by atoms with E-state index < -0.39 is 11.6 Å². The van der Waals surface area contributed by atoms with Crippen LogP contribution in [0.25, 0.3) is 0 Å². The fourth-order valence-electron chi connectivity index (χ4n) is 1.60. The molecule has 0 aliphatic carbocycles. The molecule has 1 unspecified atom stereocenters. The molecule has 0 aliphatic rings. The van der Waals surface area contributed by atoms with E-state index >= 15 is 0 Å². The molecule has 4 heteroatoms. The number of aliphatic hydroxyl groups excluding tert-OH is 1. The molecule has 0 aromatic heterocycles. The highest BCUT2D eigenvalue weighted by Gasteiger charge is 2.16. The summed E-state index contributed by atoms with van der Waals surface area (Å²) in [6.07, 6.45) is 1.28. The Labute approximate surface area is 94.3 Å². The number of nitrogens with one attached hydrogen (secondary N) is 1. The largest absolute Gasteiger partial charge is 0.396 e. The van der Waals surface area contributed by atoms with Gasteiger partial charge in [0.2, 0.25) is 0 Å². The van der Waals surface area contributed by atoms with Crippen LogP contribution in [0.5, 0.6) is 0 Å². The molecule has 0 fully saturated rings. The summed E-state index contributed by atoms with van der Waals surface area (Å²) in [6, 6.07) is 3.78. The van der Waals surface area contributed by atoms with Crippen LogP contribution in [-0.2, 0) is 0 Å². The van der Waals surface area contributed by atoms with E-state index in [-0.39, 0.29) is 18.2 Å². The maximum absolute atomic E-state index is 13.5. The Morgan fingerprint density at radius 1 is 1.38 bits per heavy atom. The van der Waals surface area contributed by atoms with E-state index in [9.17, 15) is 8.78 Å². The highest BCUT2D eigenvalue weighted by atomic mass is 19.2. The summed E-state index contributed by atoms with van der Waals surface area (Å²) in [6.45, 7) is 2.64. The van der Waals surface area contributed by atoms with E-state index in [1.54, 1.807) is 6.07 Å². The highest BCUT2D eigenvalue weighted by molar-refractivity contribution is 5.22. The summed E-state index contributed by atoms with van der Waals surface area (Å²) < 4.78 is 26.5. The standard InChI is InChI=1S/C12H17F2NO/c1-2-7-15-11(6-8-16)9-4-3-5-10(13)12(9)14/h3-5,11,15-16H,2,6-8H2,1H3. The zero-order valence-electron chi connectivity index (χ0n) is 9.34. The molecule has 0 amide bonds. The van der Waals surface area contributed by atoms with Gasteiger partial charge in [-0.15, -0.1) is 0 Å². The lowest BCUT2D eigenvalue weighted by molar-refractivity contribution is 0.263. The monoisotopic (exact) mass is 229 g/mol. The fourth-order valence-corrected chi connectivity index (χ4v) is 1.60. The molecule has 0 spiro atoms. The average Bonchev–Trinajstić information content (AvgIpc) is 2.28. The fraction of sp³-hybridized carbons (Fsp3) is 0.500. The Bertz CT molecular complexity index is 331. The van der Waals surface area contributed by atoms with Crippen LogP contribution in [0, 0.1) is 11.6 Å². The second-order valence-corrected chi connectivity index (χ2v) is 3.66. The molecule has 1 rings (SSSR count). The van der Waals surface area contributed by atoms with Crippen LogP contribution in [0.4, 0.5) is 8.78 Å². The van der Waals surface area contributed by atoms with Crippen molar-refractivity contribution >= 4 is 0 Å². The van der Waals surface area contributed by atoms with Gasteiger partial charge < -0.3 is 10.4 Å². The maximum atomic E-state index is 13.5. The molecule has 1 aromatic carbocycles. The number of benzene rings is 1. The Morgan fingerprint density at radius 3 is 2.75 bits per heavy atom. The Kier molecular flexibility index (Phi) is 5.35. The predicted octanol–water partition coefficient (Wildman–Crippen LogP) is 2.39. The highest BCUT2D eigenvalue weighted by Crippen LogP contribution is 2.21. The van der Waals surface area contributed by atoms with E-state index in [1.165, 1.54) is 6.07 Å². The molecule has 0 saturated heterocycles. The van der Waals surface area contributed by atoms with Crippen LogP contribution in [-0.4, -0.2) is 18.3 Å². The third-order valence-corrected chi connectivity index (χ3v) is 2.42. The van der Waals surface area contributed by atoms with Crippen molar-refractivity contribution in [3.63, 3.8) is 0 Å². The molecule has 2 N–H and O–H groups in total. The van der Waals surface area contributed by atoms with E-state index in [0.717, 1.165) is 12.5 Å². The number of halogens is 2. The summed E-state index contributed by atoms with van der Waals surface area (Å²) in [5.41, 5.74) is 0.280. The van der Waals surface area contributed by atoms with Crippen molar-refractivity contribution in [2.45, 2.75) is 25.8 Å². The van der Waals surface area contributed by atoms with Crippen LogP contribution in [0.3, 0.4) is 0 Å². The zero-order valence-corrected chi connectivity index (χ0v) is 9.34. The molecule has 0 heterocycles. The van der Waals surface area contributed by atoms with Crippen LogP contribution in [0.15, 0.2) is 18.2 Å². The van der Waals surface area contributed by atoms with Crippen molar-refractivity contribution in [2.24, 2.45) is 0 Å². The van der Waals surface area contributed by atoms with Crippen molar-refractivity contribution in [2.75, 3.05) is 13.2 Å². The van der Waals surface area contributed by atoms with Crippen molar-refractivity contribution < 1.29 is 13.9 Å². The van der Waals surface area contributed by atoms with Crippen molar-refractivity contribution in [3.05, 3.63) is 35.4 Å². The van der Waals surface area contributed by atoms with Crippen LogP contribution in [0.2, 0.25) is 0 Å². The lowest BCUT2D eigenvalue weighted by Crippen LogP contribution is -2.24. The normalized spacial score (nSPS) is 12.8. The summed E-state index contributed by atoms with van der Waals surface area (Å²) >= 11 is 0. The minimum absolute atomic E-state index is 0.0582. The van der Waals surface area contributed by atoms with Gasteiger partial charge in [0.25, 0.3) is 0 Å². The first-order chi connectivity index (χ1) is 7.70. The third-order valence-electron chi connectivity index (χ3n) is 2.42. The first kappa shape index (κ1) is 13.1. The minimum atomic E-state index is -0.848. The van der Waals surface area contributed by atoms with Gasteiger partial charge in [0.05, 0.1) is 0 Å². The number of aliphatic hydroxyl groups is 1. The molecule has 0 saturated carbocycles. The lowest BCUT2D eigenvalue weighted by atomic mass is 10.0.